The minimum Gasteiger partial charge on any atom is -0.366 e. The van der Waals surface area contributed by atoms with Crippen molar-refractivity contribution >= 4 is 34.9 Å². The number of nitrogens with one attached hydrogen (secondary N) is 2. The van der Waals surface area contributed by atoms with E-state index in [1.54, 1.807) is 6.92 Å². The number of hydrogen-bond acceptors (Lipinski definition) is 7. The maximum atomic E-state index is 12.5. The van der Waals surface area contributed by atoms with Gasteiger partial charge in [-0.15, -0.1) is 16.4 Å². The molecule has 29 heavy (non-hydrogen) atoms. The Morgan fingerprint density at radius 3 is 2.79 bits per heavy atom. The highest BCUT2D eigenvalue weighted by Gasteiger charge is 2.18. The molecule has 3 heterocycles. The monoisotopic (exact) mass is 413 g/mol. The molecular weight excluding hydrogens is 390 g/mol. The molecule has 0 atom stereocenters. The van der Waals surface area contributed by atoms with Crippen LogP contribution in [-0.4, -0.2) is 31.4 Å². The van der Waals surface area contributed by atoms with E-state index in [4.69, 9.17) is 5.73 Å². The fourth-order valence-electron chi connectivity index (χ4n) is 3.65. The number of carbonyl (C=O) groups is 2. The highest BCUT2D eigenvalue weighted by molar-refractivity contribution is 7.14. The average molecular weight is 414 g/mol. The van der Waals surface area contributed by atoms with Crippen molar-refractivity contribution < 1.29 is 9.59 Å². The topological polar surface area (TPSA) is 127 Å². The second-order valence-corrected chi connectivity index (χ2v) is 8.38. The molecule has 9 nitrogen and oxygen atoms in total. The minimum atomic E-state index is -0.336. The van der Waals surface area contributed by atoms with E-state index in [-0.39, 0.29) is 24.2 Å². The summed E-state index contributed by atoms with van der Waals surface area (Å²) in [5.41, 5.74) is 14.0. The smallest absolute Gasteiger partial charge is 0.279 e. The van der Waals surface area contributed by atoms with Gasteiger partial charge in [-0.05, 0) is 51.2 Å². The second-order valence-electron chi connectivity index (χ2n) is 7.24. The fraction of sp³-hybridized carbons (Fsp3) is 0.421. The first kappa shape index (κ1) is 19.3. The minimum absolute atomic E-state index is 0.0571. The third kappa shape index (κ3) is 3.93. The number of fused-ring (bicyclic) bond motifs is 2. The summed E-state index contributed by atoms with van der Waals surface area (Å²) >= 11 is 1.52. The van der Waals surface area contributed by atoms with Crippen LogP contribution < -0.4 is 16.6 Å². The summed E-state index contributed by atoms with van der Waals surface area (Å²) in [7, 11) is 0. The molecule has 10 heteroatoms. The molecule has 0 aromatic carbocycles. The number of nitrogens with two attached hydrogens (primary N) is 1. The van der Waals surface area contributed by atoms with E-state index in [1.165, 1.54) is 39.1 Å². The highest BCUT2D eigenvalue weighted by atomic mass is 32.1. The van der Waals surface area contributed by atoms with Crippen LogP contribution in [0.1, 0.15) is 56.3 Å². The Balaban J connectivity index is 1.41. The summed E-state index contributed by atoms with van der Waals surface area (Å²) in [6.07, 6.45) is 5.67. The largest absolute Gasteiger partial charge is 0.366 e. The Bertz CT molecular complexity index is 1080. The van der Waals surface area contributed by atoms with E-state index in [2.05, 4.69) is 25.9 Å². The maximum absolute atomic E-state index is 12.5. The summed E-state index contributed by atoms with van der Waals surface area (Å²) in [5.74, 6) is -0.102. The molecule has 0 fully saturated rings. The molecular formula is C19H23N7O2S. The lowest BCUT2D eigenvalue weighted by molar-refractivity contribution is -0.121. The molecule has 0 spiro atoms. The first-order valence-corrected chi connectivity index (χ1v) is 10.4. The van der Waals surface area contributed by atoms with Gasteiger partial charge in [0.2, 0.25) is 11.9 Å². The van der Waals surface area contributed by atoms with Crippen LogP contribution in [0, 0.1) is 13.8 Å². The molecule has 3 aromatic heterocycles. The lowest BCUT2D eigenvalue weighted by Crippen LogP contribution is -2.42. The fourth-order valence-corrected chi connectivity index (χ4v) is 4.80. The van der Waals surface area contributed by atoms with Gasteiger partial charge in [0.15, 0.2) is 0 Å². The molecule has 2 amide bonds. The molecule has 0 unspecified atom stereocenters. The first-order chi connectivity index (χ1) is 13.9. The number of anilines is 1. The van der Waals surface area contributed by atoms with Crippen LogP contribution in [0.4, 0.5) is 5.95 Å². The molecule has 1 aliphatic rings. The summed E-state index contributed by atoms with van der Waals surface area (Å²) in [6, 6.07) is 1.95. The van der Waals surface area contributed by atoms with Gasteiger partial charge in [0.25, 0.3) is 11.7 Å². The Labute approximate surface area is 171 Å². The molecule has 4 rings (SSSR count). The van der Waals surface area contributed by atoms with Crippen LogP contribution in [0.25, 0.3) is 5.78 Å². The van der Waals surface area contributed by atoms with Crippen molar-refractivity contribution in [2.45, 2.75) is 52.4 Å². The second kappa shape index (κ2) is 7.78. The van der Waals surface area contributed by atoms with Gasteiger partial charge < -0.3 is 5.73 Å². The van der Waals surface area contributed by atoms with E-state index in [9.17, 15) is 9.59 Å². The predicted octanol–water partition coefficient (Wildman–Crippen LogP) is 1.66. The van der Waals surface area contributed by atoms with E-state index in [0.717, 1.165) is 30.5 Å². The van der Waals surface area contributed by atoms with Crippen molar-refractivity contribution in [1.29, 1.82) is 0 Å². The maximum Gasteiger partial charge on any atom is 0.279 e. The number of thiophene rings is 1. The van der Waals surface area contributed by atoms with Crippen molar-refractivity contribution in [3.05, 3.63) is 38.3 Å². The third-order valence-electron chi connectivity index (χ3n) is 5.19. The van der Waals surface area contributed by atoms with Gasteiger partial charge in [-0.1, -0.05) is 6.42 Å². The standard InChI is InChI=1S/C19H23N7O2S/c1-10-13(11(2)26-19(21-10)22-18(20)25-26)9-16(27)23-24-17(28)15-8-12-6-4-3-5-7-14(12)29-15/h8H,3-7,9H2,1-2H3,(H2,20,25)(H,23,27)(H,24,28). The predicted molar refractivity (Wildman–Crippen MR) is 110 cm³/mol. The van der Waals surface area contributed by atoms with Crippen LogP contribution >= 0.6 is 11.3 Å². The van der Waals surface area contributed by atoms with Crippen LogP contribution in [-0.2, 0) is 24.1 Å². The number of nitrogen functional groups attached to an aromatic ring is 1. The van der Waals surface area contributed by atoms with Crippen molar-refractivity contribution in [3.8, 4) is 0 Å². The van der Waals surface area contributed by atoms with Crippen molar-refractivity contribution in [2.75, 3.05) is 5.73 Å². The molecule has 0 saturated carbocycles. The van der Waals surface area contributed by atoms with Crippen LogP contribution in [0.3, 0.4) is 0 Å². The Hall–Kier alpha value is -3.01. The zero-order valence-corrected chi connectivity index (χ0v) is 17.2. The highest BCUT2D eigenvalue weighted by Crippen LogP contribution is 2.28. The number of rotatable bonds is 3. The van der Waals surface area contributed by atoms with E-state index in [1.807, 2.05) is 13.0 Å². The van der Waals surface area contributed by atoms with Crippen LogP contribution in [0.5, 0.6) is 0 Å². The van der Waals surface area contributed by atoms with E-state index >= 15 is 0 Å². The van der Waals surface area contributed by atoms with Crippen LogP contribution in [0.2, 0.25) is 0 Å². The molecule has 152 valence electrons. The van der Waals surface area contributed by atoms with Gasteiger partial charge in [-0.25, -0.2) is 4.98 Å². The van der Waals surface area contributed by atoms with Crippen LogP contribution in [0.15, 0.2) is 6.07 Å². The average Bonchev–Trinajstić information content (AvgIpc) is 3.19. The first-order valence-electron chi connectivity index (χ1n) is 9.61. The van der Waals surface area contributed by atoms with Gasteiger partial charge >= 0.3 is 0 Å². The normalized spacial score (nSPS) is 13.7. The molecule has 0 radical (unpaired) electrons. The van der Waals surface area contributed by atoms with Crippen molar-refractivity contribution in [3.63, 3.8) is 0 Å². The zero-order valence-electron chi connectivity index (χ0n) is 16.4. The SMILES string of the molecule is Cc1nc2nc(N)nn2c(C)c1CC(=O)NNC(=O)c1cc2c(s1)CCCCC2. The van der Waals surface area contributed by atoms with Gasteiger partial charge in [0, 0.05) is 21.8 Å². The van der Waals surface area contributed by atoms with Gasteiger partial charge in [-0.2, -0.15) is 9.50 Å². The molecule has 4 N–H and O–H groups in total. The van der Waals surface area contributed by atoms with E-state index < -0.39 is 0 Å². The summed E-state index contributed by atoms with van der Waals surface area (Å²) in [5, 5.41) is 4.09. The van der Waals surface area contributed by atoms with Gasteiger partial charge in [0.1, 0.15) is 0 Å². The van der Waals surface area contributed by atoms with Gasteiger partial charge in [0.05, 0.1) is 11.3 Å². The lowest BCUT2D eigenvalue weighted by atomic mass is 10.1. The molecule has 0 aliphatic heterocycles. The summed E-state index contributed by atoms with van der Waals surface area (Å²) in [4.78, 5) is 35.2. The summed E-state index contributed by atoms with van der Waals surface area (Å²) < 4.78 is 1.52. The number of carbonyl (C=O) groups excluding carboxylic acids is 2. The summed E-state index contributed by atoms with van der Waals surface area (Å²) in [6.45, 7) is 3.63. The molecule has 0 bridgehead atoms. The Kier molecular flexibility index (Phi) is 5.18. The zero-order chi connectivity index (χ0) is 20.5. The number of aryl methyl sites for hydroxylation is 4. The number of hydrazine groups is 1. The number of amides is 2. The number of hydrogen-bond donors (Lipinski definition) is 3. The third-order valence-corrected chi connectivity index (χ3v) is 6.42. The number of nitrogens with zero attached hydrogens (tertiary/aromatic N) is 4. The molecule has 0 saturated heterocycles. The van der Waals surface area contributed by atoms with Crippen molar-refractivity contribution in [1.82, 2.24) is 30.4 Å². The quantitative estimate of drug-likeness (QED) is 0.443. The van der Waals surface area contributed by atoms with Gasteiger partial charge in [-0.3, -0.25) is 20.4 Å². The lowest BCUT2D eigenvalue weighted by Gasteiger charge is -2.11. The van der Waals surface area contributed by atoms with Crippen molar-refractivity contribution in [2.24, 2.45) is 0 Å². The molecule has 1 aliphatic carbocycles. The Morgan fingerprint density at radius 2 is 1.97 bits per heavy atom. The Morgan fingerprint density at radius 1 is 1.17 bits per heavy atom. The number of aromatic nitrogens is 4. The molecule has 3 aromatic rings. The van der Waals surface area contributed by atoms with E-state index in [0.29, 0.717) is 16.3 Å².